The topological polar surface area (TPSA) is 49.3 Å². The zero-order chi connectivity index (χ0) is 13.3. The normalized spacial score (nSPS) is 14.7. The van der Waals surface area contributed by atoms with Gasteiger partial charge >= 0.3 is 0 Å². The predicted octanol–water partition coefficient (Wildman–Crippen LogP) is 2.43. The number of thioether (sulfide) groups is 1. The van der Waals surface area contributed by atoms with Crippen molar-refractivity contribution in [2.75, 3.05) is 12.9 Å². The number of hydrogen-bond acceptors (Lipinski definition) is 3. The molecule has 0 aliphatic rings. The van der Waals surface area contributed by atoms with E-state index in [2.05, 4.69) is 19.2 Å². The molecule has 0 bridgehead atoms. The van der Waals surface area contributed by atoms with E-state index >= 15 is 0 Å². The molecule has 2 unspecified atom stereocenters. The van der Waals surface area contributed by atoms with Crippen LogP contribution in [0.15, 0.2) is 0 Å². The van der Waals surface area contributed by atoms with Gasteiger partial charge in [-0.2, -0.15) is 11.8 Å². The van der Waals surface area contributed by atoms with Crippen LogP contribution >= 0.6 is 11.8 Å². The lowest BCUT2D eigenvalue weighted by molar-refractivity contribution is -0.126. The Hall–Kier alpha value is -0.220. The smallest absolute Gasteiger partial charge is 0.223 e. The Kier molecular flexibility index (Phi) is 9.65. The van der Waals surface area contributed by atoms with Crippen molar-refractivity contribution in [1.82, 2.24) is 5.32 Å². The lowest BCUT2D eigenvalue weighted by Gasteiger charge is -2.24. The Morgan fingerprint density at radius 1 is 1.29 bits per heavy atom. The van der Waals surface area contributed by atoms with E-state index in [9.17, 15) is 9.90 Å². The molecular weight excluding hydrogens is 234 g/mol. The molecular formula is C13H27NO2S. The maximum absolute atomic E-state index is 12.1. The fourth-order valence-electron chi connectivity index (χ4n) is 1.98. The maximum Gasteiger partial charge on any atom is 0.223 e. The number of aliphatic hydroxyl groups is 1. The molecule has 0 aliphatic heterocycles. The van der Waals surface area contributed by atoms with Gasteiger partial charge in [-0.25, -0.2) is 0 Å². The van der Waals surface area contributed by atoms with Crippen LogP contribution in [0.25, 0.3) is 0 Å². The summed E-state index contributed by atoms with van der Waals surface area (Å²) >= 11 is 1.59. The molecule has 1 amide bonds. The molecule has 0 rings (SSSR count). The van der Waals surface area contributed by atoms with Crippen LogP contribution in [0.1, 0.15) is 46.5 Å². The highest BCUT2D eigenvalue weighted by Crippen LogP contribution is 2.16. The minimum absolute atomic E-state index is 0.0266. The number of aliphatic hydroxyl groups excluding tert-OH is 1. The van der Waals surface area contributed by atoms with E-state index in [0.717, 1.165) is 25.7 Å². The van der Waals surface area contributed by atoms with Crippen molar-refractivity contribution >= 4 is 17.7 Å². The Morgan fingerprint density at radius 2 is 1.82 bits per heavy atom. The molecule has 0 aromatic heterocycles. The fraction of sp³-hybridized carbons (Fsp3) is 0.923. The van der Waals surface area contributed by atoms with Gasteiger partial charge in [-0.05, 0) is 26.0 Å². The van der Waals surface area contributed by atoms with Gasteiger partial charge in [0.25, 0.3) is 0 Å². The molecule has 0 aromatic rings. The Bertz CT molecular complexity index is 202. The van der Waals surface area contributed by atoms with Crippen molar-refractivity contribution in [3.63, 3.8) is 0 Å². The van der Waals surface area contributed by atoms with Gasteiger partial charge < -0.3 is 10.4 Å². The number of nitrogens with one attached hydrogen (secondary N) is 1. The molecule has 4 heteroatoms. The molecule has 0 aliphatic carbocycles. The number of carbonyl (C=O) groups is 1. The number of carbonyl (C=O) groups excluding carboxylic acids is 1. The standard InChI is InChI=1S/C13H27NO2S/c1-5-7-11(8-6-2)13(16)14-10(3)12(9-15)17-4/h10-12,15H,5-9H2,1-4H3,(H,14,16). The predicted molar refractivity (Wildman–Crippen MR) is 75.3 cm³/mol. The largest absolute Gasteiger partial charge is 0.395 e. The van der Waals surface area contributed by atoms with E-state index in [1.807, 2.05) is 13.2 Å². The zero-order valence-electron chi connectivity index (χ0n) is 11.5. The summed E-state index contributed by atoms with van der Waals surface area (Å²) in [5.74, 6) is 0.280. The minimum Gasteiger partial charge on any atom is -0.395 e. The lowest BCUT2D eigenvalue weighted by Crippen LogP contribution is -2.43. The molecule has 2 N–H and O–H groups in total. The summed E-state index contributed by atoms with van der Waals surface area (Å²) in [6.45, 7) is 6.29. The lowest BCUT2D eigenvalue weighted by atomic mass is 9.97. The number of hydrogen-bond donors (Lipinski definition) is 2. The van der Waals surface area contributed by atoms with Gasteiger partial charge in [0.05, 0.1) is 6.61 Å². The summed E-state index contributed by atoms with van der Waals surface area (Å²) < 4.78 is 0. The van der Waals surface area contributed by atoms with E-state index in [-0.39, 0.29) is 29.7 Å². The molecule has 3 nitrogen and oxygen atoms in total. The number of amides is 1. The molecule has 102 valence electrons. The second-order valence-corrected chi connectivity index (χ2v) is 5.61. The zero-order valence-corrected chi connectivity index (χ0v) is 12.3. The minimum atomic E-state index is 0.0266. The molecule has 0 aromatic carbocycles. The first-order chi connectivity index (χ1) is 8.10. The van der Waals surface area contributed by atoms with Crippen LogP contribution in [0, 0.1) is 5.92 Å². The van der Waals surface area contributed by atoms with E-state index < -0.39 is 0 Å². The van der Waals surface area contributed by atoms with Crippen molar-refractivity contribution in [3.05, 3.63) is 0 Å². The van der Waals surface area contributed by atoms with Gasteiger partial charge in [0, 0.05) is 17.2 Å². The van der Waals surface area contributed by atoms with Crippen molar-refractivity contribution in [1.29, 1.82) is 0 Å². The van der Waals surface area contributed by atoms with E-state index in [0.29, 0.717) is 0 Å². The van der Waals surface area contributed by atoms with E-state index in [1.54, 1.807) is 11.8 Å². The molecule has 2 atom stereocenters. The number of rotatable bonds is 9. The van der Waals surface area contributed by atoms with Crippen LogP contribution in [-0.4, -0.2) is 35.2 Å². The SMILES string of the molecule is CCCC(CCC)C(=O)NC(C)C(CO)SC. The summed E-state index contributed by atoms with van der Waals surface area (Å²) in [6.07, 6.45) is 5.95. The molecule has 0 saturated carbocycles. The molecule has 0 saturated heterocycles. The first-order valence-electron chi connectivity index (χ1n) is 6.54. The quantitative estimate of drug-likeness (QED) is 0.670. The highest BCUT2D eigenvalue weighted by molar-refractivity contribution is 7.99. The van der Waals surface area contributed by atoms with E-state index in [1.165, 1.54) is 0 Å². The van der Waals surface area contributed by atoms with Crippen LogP contribution in [0.5, 0.6) is 0 Å². The van der Waals surface area contributed by atoms with Gasteiger partial charge in [-0.1, -0.05) is 26.7 Å². The second kappa shape index (κ2) is 9.77. The van der Waals surface area contributed by atoms with Gasteiger partial charge in [-0.3, -0.25) is 4.79 Å². The summed E-state index contributed by atoms with van der Waals surface area (Å²) in [4.78, 5) is 12.1. The van der Waals surface area contributed by atoms with Gasteiger partial charge in [0.2, 0.25) is 5.91 Å². The Morgan fingerprint density at radius 3 is 2.18 bits per heavy atom. The average Bonchev–Trinajstić information content (AvgIpc) is 2.30. The summed E-state index contributed by atoms with van der Waals surface area (Å²) in [5, 5.41) is 12.3. The van der Waals surface area contributed by atoms with Gasteiger partial charge in [0.1, 0.15) is 0 Å². The monoisotopic (exact) mass is 261 g/mol. The van der Waals surface area contributed by atoms with Crippen LogP contribution in [0.3, 0.4) is 0 Å². The van der Waals surface area contributed by atoms with E-state index in [4.69, 9.17) is 0 Å². The molecule has 0 fully saturated rings. The third kappa shape index (κ3) is 6.32. The van der Waals surface area contributed by atoms with Crippen LogP contribution in [-0.2, 0) is 4.79 Å². The van der Waals surface area contributed by atoms with Gasteiger partial charge in [0.15, 0.2) is 0 Å². The average molecular weight is 261 g/mol. The van der Waals surface area contributed by atoms with Crippen molar-refractivity contribution in [3.8, 4) is 0 Å². The third-order valence-electron chi connectivity index (χ3n) is 3.06. The summed E-state index contributed by atoms with van der Waals surface area (Å²) in [7, 11) is 0. The second-order valence-electron chi connectivity index (χ2n) is 4.53. The van der Waals surface area contributed by atoms with Crippen LogP contribution < -0.4 is 5.32 Å². The van der Waals surface area contributed by atoms with Crippen molar-refractivity contribution < 1.29 is 9.90 Å². The van der Waals surface area contributed by atoms with Crippen LogP contribution in [0.2, 0.25) is 0 Å². The Balaban J connectivity index is 4.27. The molecule has 17 heavy (non-hydrogen) atoms. The maximum atomic E-state index is 12.1. The molecule has 0 heterocycles. The third-order valence-corrected chi connectivity index (χ3v) is 4.22. The van der Waals surface area contributed by atoms with Gasteiger partial charge in [-0.15, -0.1) is 0 Å². The summed E-state index contributed by atoms with van der Waals surface area (Å²) in [5.41, 5.74) is 0. The first kappa shape index (κ1) is 16.8. The molecule has 0 spiro atoms. The highest BCUT2D eigenvalue weighted by Gasteiger charge is 2.22. The Labute approximate surface area is 110 Å². The van der Waals surface area contributed by atoms with Crippen LogP contribution in [0.4, 0.5) is 0 Å². The van der Waals surface area contributed by atoms with Crippen molar-refractivity contribution in [2.45, 2.75) is 57.7 Å². The molecule has 0 radical (unpaired) electrons. The first-order valence-corrected chi connectivity index (χ1v) is 7.83. The van der Waals surface area contributed by atoms with Crippen molar-refractivity contribution in [2.24, 2.45) is 5.92 Å². The summed E-state index contributed by atoms with van der Waals surface area (Å²) in [6, 6.07) is 0.0266. The highest BCUT2D eigenvalue weighted by atomic mass is 32.2. The fourth-order valence-corrected chi connectivity index (χ4v) is 2.60.